The van der Waals surface area contributed by atoms with Gasteiger partial charge in [-0.05, 0) is 43.4 Å². The predicted octanol–water partition coefficient (Wildman–Crippen LogP) is 4.38. The summed E-state index contributed by atoms with van der Waals surface area (Å²) in [6, 6.07) is 14.5. The summed E-state index contributed by atoms with van der Waals surface area (Å²) in [6.45, 7) is 3.03. The van der Waals surface area contributed by atoms with Crippen LogP contribution >= 0.6 is 0 Å². The second-order valence-corrected chi connectivity index (χ2v) is 7.37. The lowest BCUT2D eigenvalue weighted by molar-refractivity contribution is -0.140. The lowest BCUT2D eigenvalue weighted by Gasteiger charge is -2.32. The highest BCUT2D eigenvalue weighted by atomic mass is 19.4. The summed E-state index contributed by atoms with van der Waals surface area (Å²) < 4.78 is 39.7. The minimum atomic E-state index is -4.54. The van der Waals surface area contributed by atoms with Crippen molar-refractivity contribution >= 4 is 28.2 Å². The SMILES string of the molecule is CN1CCN(C(=O)c2ccc(Nc3cc(C(F)(F)F)nc4ccccc34)cc2)CC1. The van der Waals surface area contributed by atoms with E-state index in [0.717, 1.165) is 19.2 Å². The lowest BCUT2D eigenvalue weighted by Crippen LogP contribution is -2.47. The molecule has 5 nitrogen and oxygen atoms in total. The Morgan fingerprint density at radius 1 is 1.00 bits per heavy atom. The van der Waals surface area contributed by atoms with E-state index in [1.165, 1.54) is 0 Å². The number of rotatable bonds is 3. The van der Waals surface area contributed by atoms with Crippen molar-refractivity contribution in [1.29, 1.82) is 0 Å². The second-order valence-electron chi connectivity index (χ2n) is 7.37. The lowest BCUT2D eigenvalue weighted by atomic mass is 10.1. The molecule has 1 fully saturated rings. The first-order valence-corrected chi connectivity index (χ1v) is 9.63. The highest BCUT2D eigenvalue weighted by molar-refractivity contribution is 5.96. The standard InChI is InChI=1S/C22H21F3N4O/c1-28-10-12-29(13-11-28)21(30)15-6-8-16(9-7-15)26-19-14-20(22(23,24)25)27-18-5-3-2-4-17(18)19/h2-9,14H,10-13H2,1H3,(H,26,27). The second kappa shape index (κ2) is 7.95. The van der Waals surface area contributed by atoms with Crippen molar-refractivity contribution in [2.75, 3.05) is 38.5 Å². The van der Waals surface area contributed by atoms with Crippen LogP contribution in [0.15, 0.2) is 54.6 Å². The maximum atomic E-state index is 13.2. The molecule has 1 aliphatic rings. The van der Waals surface area contributed by atoms with Crippen molar-refractivity contribution < 1.29 is 18.0 Å². The summed E-state index contributed by atoms with van der Waals surface area (Å²) in [4.78, 5) is 20.4. The number of hydrogen-bond acceptors (Lipinski definition) is 4. The van der Waals surface area contributed by atoms with E-state index < -0.39 is 11.9 Å². The van der Waals surface area contributed by atoms with Crippen molar-refractivity contribution in [2.45, 2.75) is 6.18 Å². The van der Waals surface area contributed by atoms with Crippen LogP contribution in [0.1, 0.15) is 16.1 Å². The number of carbonyl (C=O) groups is 1. The summed E-state index contributed by atoms with van der Waals surface area (Å²) in [5.41, 5.74) is 0.767. The van der Waals surface area contributed by atoms with Gasteiger partial charge in [-0.15, -0.1) is 0 Å². The molecule has 4 rings (SSSR count). The van der Waals surface area contributed by atoms with E-state index in [4.69, 9.17) is 0 Å². The molecular formula is C22H21F3N4O. The summed E-state index contributed by atoms with van der Waals surface area (Å²) >= 11 is 0. The number of piperazine rings is 1. The Balaban J connectivity index is 1.58. The Morgan fingerprint density at radius 3 is 2.33 bits per heavy atom. The molecule has 156 valence electrons. The third-order valence-electron chi connectivity index (χ3n) is 5.21. The molecule has 0 unspecified atom stereocenters. The molecule has 8 heteroatoms. The Bertz CT molecular complexity index is 1060. The Hall–Kier alpha value is -3.13. The van der Waals surface area contributed by atoms with Crippen LogP contribution in [-0.2, 0) is 6.18 Å². The van der Waals surface area contributed by atoms with Gasteiger partial charge in [-0.25, -0.2) is 4.98 Å². The zero-order valence-corrected chi connectivity index (χ0v) is 16.4. The molecule has 1 aliphatic heterocycles. The van der Waals surface area contributed by atoms with Crippen LogP contribution in [0.25, 0.3) is 10.9 Å². The number of carbonyl (C=O) groups excluding carboxylic acids is 1. The zero-order chi connectivity index (χ0) is 21.3. The first-order chi connectivity index (χ1) is 14.3. The molecule has 30 heavy (non-hydrogen) atoms. The van der Waals surface area contributed by atoms with Crippen LogP contribution < -0.4 is 5.32 Å². The topological polar surface area (TPSA) is 48.5 Å². The van der Waals surface area contributed by atoms with Crippen LogP contribution in [0.3, 0.4) is 0 Å². The Morgan fingerprint density at radius 2 is 1.67 bits per heavy atom. The van der Waals surface area contributed by atoms with Gasteiger partial charge in [-0.2, -0.15) is 13.2 Å². The van der Waals surface area contributed by atoms with Gasteiger partial charge >= 0.3 is 6.18 Å². The van der Waals surface area contributed by atoms with Gasteiger partial charge < -0.3 is 15.1 Å². The summed E-state index contributed by atoms with van der Waals surface area (Å²) in [7, 11) is 2.02. The van der Waals surface area contributed by atoms with Crippen LogP contribution in [0.4, 0.5) is 24.5 Å². The number of nitrogens with zero attached hydrogens (tertiary/aromatic N) is 3. The normalized spacial score (nSPS) is 15.4. The number of alkyl halides is 3. The van der Waals surface area contributed by atoms with Gasteiger partial charge in [0.25, 0.3) is 5.91 Å². The van der Waals surface area contributed by atoms with Crippen LogP contribution in [0, 0.1) is 0 Å². The van der Waals surface area contributed by atoms with E-state index in [-0.39, 0.29) is 11.4 Å². The fourth-order valence-electron chi connectivity index (χ4n) is 3.47. The number of likely N-dealkylation sites (N-methyl/N-ethyl adjacent to an activating group) is 1. The number of nitrogens with one attached hydrogen (secondary N) is 1. The molecule has 1 aromatic heterocycles. The number of halogens is 3. The third-order valence-corrected chi connectivity index (χ3v) is 5.21. The highest BCUT2D eigenvalue weighted by Crippen LogP contribution is 2.34. The summed E-state index contributed by atoms with van der Waals surface area (Å²) in [6.07, 6.45) is -4.54. The molecule has 0 radical (unpaired) electrons. The molecule has 2 heterocycles. The molecule has 0 spiro atoms. The third kappa shape index (κ3) is 4.23. The van der Waals surface area contributed by atoms with Crippen molar-refractivity contribution in [3.05, 3.63) is 65.9 Å². The van der Waals surface area contributed by atoms with Crippen molar-refractivity contribution in [3.8, 4) is 0 Å². The summed E-state index contributed by atoms with van der Waals surface area (Å²) in [5.74, 6) is -0.0385. The van der Waals surface area contributed by atoms with Crippen molar-refractivity contribution in [3.63, 3.8) is 0 Å². The van der Waals surface area contributed by atoms with Gasteiger partial charge in [0.1, 0.15) is 5.69 Å². The van der Waals surface area contributed by atoms with Gasteiger partial charge in [0.15, 0.2) is 0 Å². The van der Waals surface area contributed by atoms with E-state index in [9.17, 15) is 18.0 Å². The fourth-order valence-corrected chi connectivity index (χ4v) is 3.47. The number of para-hydroxylation sites is 1. The number of benzene rings is 2. The van der Waals surface area contributed by atoms with Crippen molar-refractivity contribution in [2.24, 2.45) is 0 Å². The number of pyridine rings is 1. The zero-order valence-electron chi connectivity index (χ0n) is 16.4. The molecule has 0 saturated carbocycles. The van der Waals surface area contributed by atoms with E-state index in [1.807, 2.05) is 11.9 Å². The van der Waals surface area contributed by atoms with Crippen LogP contribution in [-0.4, -0.2) is 53.9 Å². The number of fused-ring (bicyclic) bond motifs is 1. The minimum absolute atomic E-state index is 0.0385. The maximum Gasteiger partial charge on any atom is 0.433 e. The molecule has 1 N–H and O–H groups in total. The quantitative estimate of drug-likeness (QED) is 0.691. The molecule has 0 aliphatic carbocycles. The van der Waals surface area contributed by atoms with E-state index in [1.54, 1.807) is 48.5 Å². The van der Waals surface area contributed by atoms with Gasteiger partial charge in [0.05, 0.1) is 11.2 Å². The molecule has 2 aromatic carbocycles. The molecule has 1 amide bonds. The van der Waals surface area contributed by atoms with Crippen molar-refractivity contribution in [1.82, 2.24) is 14.8 Å². The number of anilines is 2. The first kappa shape index (κ1) is 20.2. The van der Waals surface area contributed by atoms with E-state index in [2.05, 4.69) is 15.2 Å². The van der Waals surface area contributed by atoms with Gasteiger partial charge in [-0.1, -0.05) is 18.2 Å². The van der Waals surface area contributed by atoms with Crippen LogP contribution in [0.5, 0.6) is 0 Å². The smallest absolute Gasteiger partial charge is 0.355 e. The highest BCUT2D eigenvalue weighted by Gasteiger charge is 2.33. The van der Waals surface area contributed by atoms with Gasteiger partial charge in [0, 0.05) is 42.8 Å². The monoisotopic (exact) mass is 414 g/mol. The van der Waals surface area contributed by atoms with Gasteiger partial charge in [0.2, 0.25) is 0 Å². The largest absolute Gasteiger partial charge is 0.433 e. The molecule has 1 saturated heterocycles. The molecule has 0 atom stereocenters. The first-order valence-electron chi connectivity index (χ1n) is 9.63. The predicted molar refractivity (Wildman–Crippen MR) is 110 cm³/mol. The molecular weight excluding hydrogens is 393 g/mol. The van der Waals surface area contributed by atoms with E-state index >= 15 is 0 Å². The van der Waals surface area contributed by atoms with Crippen LogP contribution in [0.2, 0.25) is 0 Å². The molecule has 3 aromatic rings. The van der Waals surface area contributed by atoms with Gasteiger partial charge in [-0.3, -0.25) is 4.79 Å². The summed E-state index contributed by atoms with van der Waals surface area (Å²) in [5, 5.41) is 3.63. The minimum Gasteiger partial charge on any atom is -0.355 e. The fraction of sp³-hybridized carbons (Fsp3) is 0.273. The number of aromatic nitrogens is 1. The Kier molecular flexibility index (Phi) is 5.34. The maximum absolute atomic E-state index is 13.2. The average molecular weight is 414 g/mol. The Labute approximate surface area is 172 Å². The average Bonchev–Trinajstić information content (AvgIpc) is 2.73. The number of hydrogen-bond donors (Lipinski definition) is 1. The number of amides is 1. The molecule has 0 bridgehead atoms. The van der Waals surface area contributed by atoms with E-state index in [0.29, 0.717) is 35.4 Å².